The molecule has 1 heterocycles. The topological polar surface area (TPSA) is 83.7 Å². The van der Waals surface area contributed by atoms with Gasteiger partial charge in [0.1, 0.15) is 0 Å². The van der Waals surface area contributed by atoms with Gasteiger partial charge in [0.15, 0.2) is 0 Å². The molecule has 1 aliphatic heterocycles. The highest BCUT2D eigenvalue weighted by Gasteiger charge is 2.28. The zero-order valence-corrected chi connectivity index (χ0v) is 13.0. The molecule has 0 spiro atoms. The van der Waals surface area contributed by atoms with Crippen molar-refractivity contribution in [1.82, 2.24) is 9.21 Å². The van der Waals surface area contributed by atoms with Crippen LogP contribution in [0.5, 0.6) is 0 Å². The van der Waals surface area contributed by atoms with Crippen LogP contribution < -0.4 is 5.73 Å². The Hall–Kier alpha value is -1.44. The van der Waals surface area contributed by atoms with Crippen molar-refractivity contribution in [2.75, 3.05) is 26.7 Å². The zero-order chi connectivity index (χ0) is 15.5. The third kappa shape index (κ3) is 4.03. The molecule has 2 rings (SSSR count). The van der Waals surface area contributed by atoms with E-state index in [2.05, 4.69) is 0 Å². The van der Waals surface area contributed by atoms with E-state index >= 15 is 0 Å². The van der Waals surface area contributed by atoms with Gasteiger partial charge in [-0.1, -0.05) is 24.3 Å². The molecular weight excluding hydrogens is 290 g/mol. The highest BCUT2D eigenvalue weighted by atomic mass is 32.2. The number of sulfonamides is 1. The van der Waals surface area contributed by atoms with E-state index in [4.69, 9.17) is 5.73 Å². The summed E-state index contributed by atoms with van der Waals surface area (Å²) >= 11 is 0. The first-order chi connectivity index (χ1) is 9.92. The number of nitrogens with two attached hydrogens (primary N) is 1. The standard InChI is InChI=1S/C14H21N3O3S/c1-16-6-3-7-17(10-14(16)18)21(19,20)11-13-5-2-4-12(8-13)9-15/h2,4-5,8H,3,6-7,9-11,15H2,1H3. The molecular formula is C14H21N3O3S. The lowest BCUT2D eigenvalue weighted by molar-refractivity contribution is -0.129. The van der Waals surface area contributed by atoms with Gasteiger partial charge in [-0.15, -0.1) is 0 Å². The van der Waals surface area contributed by atoms with Crippen LogP contribution in [0.2, 0.25) is 0 Å². The van der Waals surface area contributed by atoms with Crippen LogP contribution >= 0.6 is 0 Å². The largest absolute Gasteiger partial charge is 0.345 e. The van der Waals surface area contributed by atoms with E-state index in [1.807, 2.05) is 6.07 Å². The minimum Gasteiger partial charge on any atom is -0.345 e. The monoisotopic (exact) mass is 311 g/mol. The van der Waals surface area contributed by atoms with Gasteiger partial charge in [0.05, 0.1) is 12.3 Å². The molecule has 1 fully saturated rings. The maximum Gasteiger partial charge on any atom is 0.237 e. The maximum atomic E-state index is 12.5. The van der Waals surface area contributed by atoms with Gasteiger partial charge in [-0.2, -0.15) is 4.31 Å². The van der Waals surface area contributed by atoms with E-state index in [9.17, 15) is 13.2 Å². The number of carbonyl (C=O) groups excluding carboxylic acids is 1. The first kappa shape index (κ1) is 15.9. The molecule has 0 saturated carbocycles. The molecule has 21 heavy (non-hydrogen) atoms. The number of hydrogen-bond acceptors (Lipinski definition) is 4. The van der Waals surface area contributed by atoms with Crippen molar-refractivity contribution in [3.8, 4) is 0 Å². The summed E-state index contributed by atoms with van der Waals surface area (Å²) in [6.07, 6.45) is 0.657. The van der Waals surface area contributed by atoms with E-state index in [-0.39, 0.29) is 18.2 Å². The van der Waals surface area contributed by atoms with E-state index in [1.165, 1.54) is 4.31 Å². The molecule has 1 saturated heterocycles. The second-order valence-electron chi connectivity index (χ2n) is 5.28. The van der Waals surface area contributed by atoms with Crippen LogP contribution in [0.4, 0.5) is 0 Å². The maximum absolute atomic E-state index is 12.5. The molecule has 1 aromatic rings. The number of rotatable bonds is 4. The number of hydrogen-bond donors (Lipinski definition) is 1. The highest BCUT2D eigenvalue weighted by Crippen LogP contribution is 2.15. The Morgan fingerprint density at radius 2 is 1.95 bits per heavy atom. The fraction of sp³-hybridized carbons (Fsp3) is 0.500. The summed E-state index contributed by atoms with van der Waals surface area (Å²) in [7, 11) is -1.80. The van der Waals surface area contributed by atoms with Crippen LogP contribution in [-0.2, 0) is 27.1 Å². The minimum atomic E-state index is -3.50. The third-order valence-corrected chi connectivity index (χ3v) is 5.40. The highest BCUT2D eigenvalue weighted by molar-refractivity contribution is 7.88. The van der Waals surface area contributed by atoms with Gasteiger partial charge in [-0.25, -0.2) is 8.42 Å². The average Bonchev–Trinajstić information content (AvgIpc) is 2.61. The van der Waals surface area contributed by atoms with Crippen molar-refractivity contribution >= 4 is 15.9 Å². The number of benzene rings is 1. The Morgan fingerprint density at radius 3 is 2.67 bits per heavy atom. The number of carbonyl (C=O) groups is 1. The molecule has 0 atom stereocenters. The predicted octanol–water partition coefficient (Wildman–Crippen LogP) is 0.139. The van der Waals surface area contributed by atoms with E-state index in [1.54, 1.807) is 30.1 Å². The summed E-state index contributed by atoms with van der Waals surface area (Å²) in [5.74, 6) is -0.260. The Kier molecular flexibility index (Phi) is 4.97. The molecule has 0 bridgehead atoms. The Bertz CT molecular complexity index is 616. The first-order valence-corrected chi connectivity index (χ1v) is 8.53. The second kappa shape index (κ2) is 6.55. The summed E-state index contributed by atoms with van der Waals surface area (Å²) in [6, 6.07) is 7.22. The van der Waals surface area contributed by atoms with Crippen LogP contribution in [0.15, 0.2) is 24.3 Å². The number of amides is 1. The minimum absolute atomic E-state index is 0.0740. The molecule has 1 aliphatic rings. The fourth-order valence-electron chi connectivity index (χ4n) is 2.35. The SMILES string of the molecule is CN1CCCN(S(=O)(=O)Cc2cccc(CN)c2)CC1=O. The van der Waals surface area contributed by atoms with Crippen molar-refractivity contribution < 1.29 is 13.2 Å². The van der Waals surface area contributed by atoms with E-state index in [0.29, 0.717) is 31.6 Å². The van der Waals surface area contributed by atoms with Crippen molar-refractivity contribution in [3.63, 3.8) is 0 Å². The normalized spacial score (nSPS) is 17.8. The molecule has 2 N–H and O–H groups in total. The van der Waals surface area contributed by atoms with Gasteiger partial charge >= 0.3 is 0 Å². The summed E-state index contributed by atoms with van der Waals surface area (Å²) in [4.78, 5) is 13.4. The Morgan fingerprint density at radius 1 is 1.24 bits per heavy atom. The molecule has 7 heteroatoms. The molecule has 0 unspecified atom stereocenters. The Labute approximate surface area is 125 Å². The third-order valence-electron chi connectivity index (χ3n) is 3.61. The van der Waals surface area contributed by atoms with Crippen molar-refractivity contribution in [2.45, 2.75) is 18.7 Å². The lowest BCUT2D eigenvalue weighted by atomic mass is 10.1. The van der Waals surface area contributed by atoms with Crippen molar-refractivity contribution in [2.24, 2.45) is 5.73 Å². The van der Waals surface area contributed by atoms with Gasteiger partial charge in [-0.3, -0.25) is 4.79 Å². The Balaban J connectivity index is 2.15. The molecule has 0 radical (unpaired) electrons. The molecule has 1 amide bonds. The molecule has 1 aromatic carbocycles. The lowest BCUT2D eigenvalue weighted by Crippen LogP contribution is -2.38. The summed E-state index contributed by atoms with van der Waals surface area (Å²) in [5, 5.41) is 0. The summed E-state index contributed by atoms with van der Waals surface area (Å²) < 4.78 is 26.3. The predicted molar refractivity (Wildman–Crippen MR) is 80.8 cm³/mol. The second-order valence-corrected chi connectivity index (χ2v) is 7.25. The van der Waals surface area contributed by atoms with E-state index < -0.39 is 10.0 Å². The van der Waals surface area contributed by atoms with Crippen molar-refractivity contribution in [3.05, 3.63) is 35.4 Å². The van der Waals surface area contributed by atoms with Gasteiger partial charge < -0.3 is 10.6 Å². The van der Waals surface area contributed by atoms with Gasteiger partial charge in [0.2, 0.25) is 15.9 Å². The summed E-state index contributed by atoms with van der Waals surface area (Å²) in [6.45, 7) is 1.28. The fourth-order valence-corrected chi connectivity index (χ4v) is 3.84. The number of nitrogens with zero attached hydrogens (tertiary/aromatic N) is 2. The van der Waals surface area contributed by atoms with E-state index in [0.717, 1.165) is 5.56 Å². The van der Waals surface area contributed by atoms with Crippen molar-refractivity contribution in [1.29, 1.82) is 0 Å². The van der Waals surface area contributed by atoms with Gasteiger partial charge in [0, 0.05) is 26.7 Å². The van der Waals surface area contributed by atoms with Gasteiger partial charge in [-0.05, 0) is 17.5 Å². The number of likely N-dealkylation sites (N-methyl/N-ethyl adjacent to an activating group) is 1. The van der Waals surface area contributed by atoms with Crippen LogP contribution in [0, 0.1) is 0 Å². The lowest BCUT2D eigenvalue weighted by Gasteiger charge is -2.19. The molecule has 0 aliphatic carbocycles. The van der Waals surface area contributed by atoms with Crippen LogP contribution in [-0.4, -0.2) is 50.2 Å². The summed E-state index contributed by atoms with van der Waals surface area (Å²) in [5.41, 5.74) is 7.16. The molecule has 116 valence electrons. The smallest absolute Gasteiger partial charge is 0.237 e. The average molecular weight is 311 g/mol. The molecule has 6 nitrogen and oxygen atoms in total. The van der Waals surface area contributed by atoms with Gasteiger partial charge in [0.25, 0.3) is 0 Å². The van der Waals surface area contributed by atoms with Crippen LogP contribution in [0.3, 0.4) is 0 Å². The van der Waals surface area contributed by atoms with Crippen LogP contribution in [0.1, 0.15) is 17.5 Å². The zero-order valence-electron chi connectivity index (χ0n) is 12.2. The quantitative estimate of drug-likeness (QED) is 0.857. The molecule has 0 aromatic heterocycles. The first-order valence-electron chi connectivity index (χ1n) is 6.92. The van der Waals surface area contributed by atoms with Crippen LogP contribution in [0.25, 0.3) is 0 Å².